The predicted octanol–water partition coefficient (Wildman–Crippen LogP) is 2.78. The third kappa shape index (κ3) is 2.30. The number of nitrogens with one attached hydrogen (secondary N) is 1. The molecule has 100 valence electrons. The van der Waals surface area contributed by atoms with Gasteiger partial charge in [0.2, 0.25) is 0 Å². The van der Waals surface area contributed by atoms with E-state index in [0.29, 0.717) is 0 Å². The molecule has 3 nitrogen and oxygen atoms in total. The van der Waals surface area contributed by atoms with Crippen molar-refractivity contribution in [3.05, 3.63) is 47.0 Å². The van der Waals surface area contributed by atoms with Crippen molar-refractivity contribution in [3.63, 3.8) is 0 Å². The van der Waals surface area contributed by atoms with Crippen molar-refractivity contribution in [2.75, 3.05) is 6.54 Å². The van der Waals surface area contributed by atoms with Crippen LogP contribution in [0.25, 0.3) is 5.69 Å². The SMILES string of the molecule is CCCc1nc2c(n1-c1cccc(C)c1)CCNC2. The first-order valence-corrected chi connectivity index (χ1v) is 7.16. The van der Waals surface area contributed by atoms with Gasteiger partial charge in [-0.25, -0.2) is 4.98 Å². The van der Waals surface area contributed by atoms with E-state index in [4.69, 9.17) is 4.98 Å². The molecule has 1 aliphatic heterocycles. The Hall–Kier alpha value is -1.61. The lowest BCUT2D eigenvalue weighted by atomic mass is 10.1. The topological polar surface area (TPSA) is 29.9 Å². The zero-order valence-corrected chi connectivity index (χ0v) is 11.7. The van der Waals surface area contributed by atoms with Crippen LogP contribution in [0.3, 0.4) is 0 Å². The van der Waals surface area contributed by atoms with E-state index in [9.17, 15) is 0 Å². The van der Waals surface area contributed by atoms with Gasteiger partial charge in [0.25, 0.3) is 0 Å². The Bertz CT molecular complexity index is 584. The van der Waals surface area contributed by atoms with Crippen LogP contribution in [0.2, 0.25) is 0 Å². The maximum atomic E-state index is 4.85. The number of aryl methyl sites for hydroxylation is 2. The monoisotopic (exact) mass is 255 g/mol. The minimum atomic E-state index is 0.908. The first-order valence-electron chi connectivity index (χ1n) is 7.16. The second-order valence-electron chi connectivity index (χ2n) is 5.27. The van der Waals surface area contributed by atoms with E-state index in [2.05, 4.69) is 48.0 Å². The number of fused-ring (bicyclic) bond motifs is 1. The quantitative estimate of drug-likeness (QED) is 0.914. The molecule has 2 aromatic rings. The van der Waals surface area contributed by atoms with E-state index in [-0.39, 0.29) is 0 Å². The molecule has 1 aromatic heterocycles. The summed E-state index contributed by atoms with van der Waals surface area (Å²) in [4.78, 5) is 4.85. The van der Waals surface area contributed by atoms with Gasteiger partial charge in [-0.1, -0.05) is 19.1 Å². The van der Waals surface area contributed by atoms with Gasteiger partial charge < -0.3 is 9.88 Å². The molecule has 2 heterocycles. The highest BCUT2D eigenvalue weighted by Gasteiger charge is 2.20. The molecule has 1 aliphatic rings. The molecule has 0 spiro atoms. The van der Waals surface area contributed by atoms with E-state index in [1.807, 2.05) is 0 Å². The van der Waals surface area contributed by atoms with Gasteiger partial charge in [0, 0.05) is 37.3 Å². The largest absolute Gasteiger partial charge is 0.311 e. The molecule has 0 radical (unpaired) electrons. The average Bonchev–Trinajstić information content (AvgIpc) is 2.77. The van der Waals surface area contributed by atoms with Crippen LogP contribution in [0.5, 0.6) is 0 Å². The van der Waals surface area contributed by atoms with E-state index < -0.39 is 0 Å². The average molecular weight is 255 g/mol. The number of benzene rings is 1. The molecule has 0 saturated carbocycles. The lowest BCUT2D eigenvalue weighted by Crippen LogP contribution is -2.24. The van der Waals surface area contributed by atoms with Crippen molar-refractivity contribution >= 4 is 0 Å². The second-order valence-corrected chi connectivity index (χ2v) is 5.27. The molecule has 19 heavy (non-hydrogen) atoms. The van der Waals surface area contributed by atoms with E-state index in [0.717, 1.165) is 32.4 Å². The molecular weight excluding hydrogens is 234 g/mol. The fourth-order valence-corrected chi connectivity index (χ4v) is 2.83. The molecule has 1 N–H and O–H groups in total. The summed E-state index contributed by atoms with van der Waals surface area (Å²) >= 11 is 0. The smallest absolute Gasteiger partial charge is 0.113 e. The summed E-state index contributed by atoms with van der Waals surface area (Å²) in [6, 6.07) is 8.72. The van der Waals surface area contributed by atoms with Gasteiger partial charge >= 0.3 is 0 Å². The third-order valence-electron chi connectivity index (χ3n) is 3.69. The molecule has 0 saturated heterocycles. The van der Waals surface area contributed by atoms with E-state index in [1.54, 1.807) is 0 Å². The van der Waals surface area contributed by atoms with Gasteiger partial charge in [0.1, 0.15) is 5.82 Å². The number of nitrogens with zero attached hydrogens (tertiary/aromatic N) is 2. The highest BCUT2D eigenvalue weighted by molar-refractivity contribution is 5.41. The standard InChI is InChI=1S/C16H21N3/c1-3-5-16-18-14-11-17-9-8-15(14)19(16)13-7-4-6-12(2)10-13/h4,6-7,10,17H,3,5,8-9,11H2,1-2H3. The van der Waals surface area contributed by atoms with Crippen molar-refractivity contribution in [3.8, 4) is 5.69 Å². The molecule has 0 unspecified atom stereocenters. The highest BCUT2D eigenvalue weighted by atomic mass is 15.1. The van der Waals surface area contributed by atoms with E-state index >= 15 is 0 Å². The number of imidazole rings is 1. The maximum Gasteiger partial charge on any atom is 0.113 e. The van der Waals surface area contributed by atoms with Crippen LogP contribution in [0.1, 0.15) is 36.1 Å². The Morgan fingerprint density at radius 3 is 3.05 bits per heavy atom. The molecule has 1 aromatic carbocycles. The van der Waals surface area contributed by atoms with Crippen LogP contribution >= 0.6 is 0 Å². The van der Waals surface area contributed by atoms with Crippen LogP contribution in [0, 0.1) is 6.92 Å². The van der Waals surface area contributed by atoms with Crippen molar-refractivity contribution in [2.45, 2.75) is 39.7 Å². The first-order chi connectivity index (χ1) is 9.29. The molecule has 0 bridgehead atoms. The number of rotatable bonds is 3. The summed E-state index contributed by atoms with van der Waals surface area (Å²) in [6.07, 6.45) is 3.25. The van der Waals surface area contributed by atoms with Gasteiger partial charge in [-0.3, -0.25) is 0 Å². The van der Waals surface area contributed by atoms with Crippen LogP contribution in [-0.2, 0) is 19.4 Å². The molecule has 0 atom stereocenters. The molecular formula is C16H21N3. The van der Waals surface area contributed by atoms with Crippen molar-refractivity contribution in [1.82, 2.24) is 14.9 Å². The summed E-state index contributed by atoms with van der Waals surface area (Å²) < 4.78 is 2.38. The van der Waals surface area contributed by atoms with Gasteiger partial charge in [-0.2, -0.15) is 0 Å². The van der Waals surface area contributed by atoms with Gasteiger partial charge in [0.15, 0.2) is 0 Å². The predicted molar refractivity (Wildman–Crippen MR) is 77.7 cm³/mol. The zero-order valence-electron chi connectivity index (χ0n) is 11.7. The normalized spacial score (nSPS) is 14.4. The Morgan fingerprint density at radius 2 is 2.26 bits per heavy atom. The third-order valence-corrected chi connectivity index (χ3v) is 3.69. The van der Waals surface area contributed by atoms with Crippen LogP contribution < -0.4 is 5.32 Å². The summed E-state index contributed by atoms with van der Waals surface area (Å²) in [5.74, 6) is 1.21. The maximum absolute atomic E-state index is 4.85. The highest BCUT2D eigenvalue weighted by Crippen LogP contribution is 2.23. The minimum Gasteiger partial charge on any atom is -0.311 e. The van der Waals surface area contributed by atoms with E-state index in [1.165, 1.54) is 28.5 Å². The molecule has 0 amide bonds. The van der Waals surface area contributed by atoms with Gasteiger partial charge in [-0.15, -0.1) is 0 Å². The minimum absolute atomic E-state index is 0.908. The second kappa shape index (κ2) is 5.17. The van der Waals surface area contributed by atoms with Crippen molar-refractivity contribution in [2.24, 2.45) is 0 Å². The van der Waals surface area contributed by atoms with Crippen molar-refractivity contribution in [1.29, 1.82) is 0 Å². The summed E-state index contributed by atoms with van der Waals surface area (Å²) in [5, 5.41) is 3.41. The van der Waals surface area contributed by atoms with Crippen LogP contribution in [0.4, 0.5) is 0 Å². The Kier molecular flexibility index (Phi) is 3.38. The molecule has 3 rings (SSSR count). The Morgan fingerprint density at radius 1 is 1.37 bits per heavy atom. The first kappa shape index (κ1) is 12.4. The zero-order chi connectivity index (χ0) is 13.2. The fraction of sp³-hybridized carbons (Fsp3) is 0.438. The lowest BCUT2D eigenvalue weighted by molar-refractivity contribution is 0.619. The summed E-state index contributed by atoms with van der Waals surface area (Å²) in [6.45, 7) is 6.32. The van der Waals surface area contributed by atoms with Crippen molar-refractivity contribution < 1.29 is 0 Å². The van der Waals surface area contributed by atoms with Crippen LogP contribution in [-0.4, -0.2) is 16.1 Å². The number of hydrogen-bond acceptors (Lipinski definition) is 2. The lowest BCUT2D eigenvalue weighted by Gasteiger charge is -2.16. The summed E-state index contributed by atoms with van der Waals surface area (Å²) in [7, 11) is 0. The molecule has 3 heteroatoms. The number of aromatic nitrogens is 2. The summed E-state index contributed by atoms with van der Waals surface area (Å²) in [5.41, 5.74) is 5.19. The fourth-order valence-electron chi connectivity index (χ4n) is 2.83. The van der Waals surface area contributed by atoms with Gasteiger partial charge in [0.05, 0.1) is 5.69 Å². The van der Waals surface area contributed by atoms with Crippen LogP contribution in [0.15, 0.2) is 24.3 Å². The molecule has 0 fully saturated rings. The number of hydrogen-bond donors (Lipinski definition) is 1. The Balaban J connectivity index is 2.14. The van der Waals surface area contributed by atoms with Gasteiger partial charge in [-0.05, 0) is 31.0 Å². The Labute approximate surface area is 114 Å². The molecule has 0 aliphatic carbocycles.